The summed E-state index contributed by atoms with van der Waals surface area (Å²) < 4.78 is 1.79. The molecule has 3 heterocycles. The second-order valence-electron chi connectivity index (χ2n) is 6.54. The molecule has 1 aliphatic heterocycles. The lowest BCUT2D eigenvalue weighted by Crippen LogP contribution is -2.36. The van der Waals surface area contributed by atoms with Gasteiger partial charge in [0.2, 0.25) is 0 Å². The Bertz CT molecular complexity index is 1050. The summed E-state index contributed by atoms with van der Waals surface area (Å²) in [5.74, 6) is 0.608. The van der Waals surface area contributed by atoms with Gasteiger partial charge in [0.15, 0.2) is 0 Å². The van der Waals surface area contributed by atoms with Crippen LogP contribution in [0.5, 0.6) is 0 Å². The first-order chi connectivity index (χ1) is 12.5. The van der Waals surface area contributed by atoms with Crippen molar-refractivity contribution in [2.45, 2.75) is 19.8 Å². The minimum atomic E-state index is -0.172. The van der Waals surface area contributed by atoms with Gasteiger partial charge in [-0.1, -0.05) is 0 Å². The van der Waals surface area contributed by atoms with Crippen LogP contribution in [0.4, 0.5) is 10.5 Å². The van der Waals surface area contributed by atoms with Gasteiger partial charge in [-0.2, -0.15) is 5.10 Å². The monoisotopic (exact) mass is 352 g/mol. The number of rotatable bonds is 1. The van der Waals surface area contributed by atoms with Crippen molar-refractivity contribution in [1.29, 1.82) is 0 Å². The molecule has 134 valence electrons. The number of aryl methyl sites for hydroxylation is 2. The van der Waals surface area contributed by atoms with Crippen molar-refractivity contribution >= 4 is 22.6 Å². The summed E-state index contributed by atoms with van der Waals surface area (Å²) in [5, 5.41) is 8.12. The molecule has 0 unspecified atom stereocenters. The van der Waals surface area contributed by atoms with Crippen molar-refractivity contribution in [3.63, 3.8) is 0 Å². The van der Waals surface area contributed by atoms with Crippen LogP contribution in [0.15, 0.2) is 29.2 Å². The zero-order valence-corrected chi connectivity index (χ0v) is 14.7. The standard InChI is InChI=1S/C18H20N6O2/c1-11-20-15-6-8-24(7-5-14(15)17(25)21-11)18(26)22-13-3-4-16-12(9-13)10-19-23(16)2/h3-4,9-10H,5-8H2,1-2H3,(H,22,26)(H,20,21,25). The van der Waals surface area contributed by atoms with E-state index in [-0.39, 0.29) is 11.6 Å². The van der Waals surface area contributed by atoms with Crippen molar-refractivity contribution in [3.8, 4) is 0 Å². The fourth-order valence-corrected chi connectivity index (χ4v) is 3.38. The third-order valence-electron chi connectivity index (χ3n) is 4.75. The molecule has 3 aromatic rings. The molecule has 1 aromatic carbocycles. The molecule has 0 atom stereocenters. The summed E-state index contributed by atoms with van der Waals surface area (Å²) in [5.41, 5.74) is 3.11. The molecule has 0 fully saturated rings. The maximum atomic E-state index is 12.7. The Morgan fingerprint density at radius 3 is 2.92 bits per heavy atom. The van der Waals surface area contributed by atoms with Crippen LogP contribution < -0.4 is 10.9 Å². The molecular formula is C18H20N6O2. The van der Waals surface area contributed by atoms with E-state index in [0.29, 0.717) is 37.3 Å². The molecule has 26 heavy (non-hydrogen) atoms. The highest BCUT2D eigenvalue weighted by atomic mass is 16.2. The highest BCUT2D eigenvalue weighted by molar-refractivity contribution is 5.92. The van der Waals surface area contributed by atoms with Crippen molar-refractivity contribution in [1.82, 2.24) is 24.6 Å². The number of anilines is 1. The van der Waals surface area contributed by atoms with Crippen LogP contribution in [0.3, 0.4) is 0 Å². The largest absolute Gasteiger partial charge is 0.324 e. The van der Waals surface area contributed by atoms with E-state index < -0.39 is 0 Å². The van der Waals surface area contributed by atoms with Gasteiger partial charge in [-0.25, -0.2) is 9.78 Å². The number of aromatic nitrogens is 4. The number of carbonyl (C=O) groups is 1. The minimum Gasteiger partial charge on any atom is -0.324 e. The average molecular weight is 352 g/mol. The topological polar surface area (TPSA) is 95.9 Å². The number of nitrogens with one attached hydrogen (secondary N) is 2. The lowest BCUT2D eigenvalue weighted by molar-refractivity contribution is 0.214. The molecule has 8 nitrogen and oxygen atoms in total. The first-order valence-electron chi connectivity index (χ1n) is 8.57. The van der Waals surface area contributed by atoms with Crippen LogP contribution in [-0.2, 0) is 19.9 Å². The van der Waals surface area contributed by atoms with Gasteiger partial charge in [0.05, 0.1) is 17.4 Å². The number of amides is 2. The molecule has 0 aliphatic carbocycles. The van der Waals surface area contributed by atoms with Crippen LogP contribution in [0, 0.1) is 6.92 Å². The summed E-state index contributed by atoms with van der Waals surface area (Å²) in [6, 6.07) is 5.53. The number of H-pyrrole nitrogens is 1. The lowest BCUT2D eigenvalue weighted by Gasteiger charge is -2.20. The zero-order chi connectivity index (χ0) is 18.3. The number of fused-ring (bicyclic) bond motifs is 2. The Labute approximate surface area is 149 Å². The SMILES string of the molecule is Cc1nc2c(c(=O)[nH]1)CCN(C(=O)Nc1ccc3c(cnn3C)c1)CC2. The van der Waals surface area contributed by atoms with Crippen LogP contribution in [0.25, 0.3) is 10.9 Å². The van der Waals surface area contributed by atoms with Gasteiger partial charge in [0.25, 0.3) is 5.56 Å². The van der Waals surface area contributed by atoms with Crippen LogP contribution >= 0.6 is 0 Å². The van der Waals surface area contributed by atoms with Gasteiger partial charge in [-0.15, -0.1) is 0 Å². The van der Waals surface area contributed by atoms with E-state index in [4.69, 9.17) is 0 Å². The average Bonchev–Trinajstić information content (AvgIpc) is 2.83. The van der Waals surface area contributed by atoms with Crippen LogP contribution in [0.1, 0.15) is 17.1 Å². The van der Waals surface area contributed by atoms with Gasteiger partial charge in [-0.05, 0) is 31.5 Å². The number of aromatic amines is 1. The van der Waals surface area contributed by atoms with Crippen molar-refractivity contribution in [2.24, 2.45) is 7.05 Å². The van der Waals surface area contributed by atoms with Gasteiger partial charge in [0.1, 0.15) is 5.82 Å². The summed E-state index contributed by atoms with van der Waals surface area (Å²) in [6.45, 7) is 2.79. The lowest BCUT2D eigenvalue weighted by atomic mass is 10.1. The Kier molecular flexibility index (Phi) is 3.95. The number of urea groups is 1. The summed E-state index contributed by atoms with van der Waals surface area (Å²) >= 11 is 0. The number of hydrogen-bond acceptors (Lipinski definition) is 4. The first kappa shape index (κ1) is 16.3. The van der Waals surface area contributed by atoms with Crippen molar-refractivity contribution in [2.75, 3.05) is 18.4 Å². The molecule has 0 bridgehead atoms. The number of nitrogens with zero attached hydrogens (tertiary/aromatic N) is 4. The zero-order valence-electron chi connectivity index (χ0n) is 14.7. The van der Waals surface area contributed by atoms with E-state index in [9.17, 15) is 9.59 Å². The van der Waals surface area contributed by atoms with Crippen molar-refractivity contribution in [3.05, 3.63) is 51.8 Å². The Morgan fingerprint density at radius 2 is 2.08 bits per heavy atom. The summed E-state index contributed by atoms with van der Waals surface area (Å²) in [7, 11) is 1.88. The molecule has 0 saturated heterocycles. The fraction of sp³-hybridized carbons (Fsp3) is 0.333. The number of benzene rings is 1. The van der Waals surface area contributed by atoms with E-state index in [1.165, 1.54) is 0 Å². The van der Waals surface area contributed by atoms with E-state index in [1.807, 2.05) is 25.2 Å². The third-order valence-corrected chi connectivity index (χ3v) is 4.75. The molecule has 2 aromatic heterocycles. The Morgan fingerprint density at radius 1 is 1.27 bits per heavy atom. The van der Waals surface area contributed by atoms with Gasteiger partial charge in [-0.3, -0.25) is 9.48 Å². The van der Waals surface area contributed by atoms with E-state index in [0.717, 1.165) is 22.3 Å². The number of hydrogen-bond donors (Lipinski definition) is 2. The second kappa shape index (κ2) is 6.29. The van der Waals surface area contributed by atoms with Gasteiger partial charge >= 0.3 is 6.03 Å². The van der Waals surface area contributed by atoms with E-state index in [2.05, 4.69) is 20.4 Å². The quantitative estimate of drug-likeness (QED) is 0.695. The maximum absolute atomic E-state index is 12.7. The first-order valence-corrected chi connectivity index (χ1v) is 8.57. The van der Waals surface area contributed by atoms with Crippen LogP contribution in [-0.4, -0.2) is 43.8 Å². The molecule has 8 heteroatoms. The highest BCUT2D eigenvalue weighted by Crippen LogP contribution is 2.19. The summed E-state index contributed by atoms with van der Waals surface area (Å²) in [4.78, 5) is 33.6. The van der Waals surface area contributed by atoms with Gasteiger partial charge < -0.3 is 15.2 Å². The normalized spacial score (nSPS) is 14.2. The Balaban J connectivity index is 1.50. The molecule has 0 saturated carbocycles. The smallest absolute Gasteiger partial charge is 0.321 e. The molecule has 0 radical (unpaired) electrons. The van der Waals surface area contributed by atoms with Crippen LogP contribution in [0.2, 0.25) is 0 Å². The van der Waals surface area contributed by atoms with Gasteiger partial charge in [0, 0.05) is 43.2 Å². The molecule has 4 rings (SSSR count). The third kappa shape index (κ3) is 2.94. The van der Waals surface area contributed by atoms with Crippen molar-refractivity contribution < 1.29 is 4.79 Å². The predicted molar refractivity (Wildman–Crippen MR) is 98.3 cm³/mol. The maximum Gasteiger partial charge on any atom is 0.321 e. The predicted octanol–water partition coefficient (Wildman–Crippen LogP) is 1.60. The summed E-state index contributed by atoms with van der Waals surface area (Å²) in [6.07, 6.45) is 2.86. The highest BCUT2D eigenvalue weighted by Gasteiger charge is 2.21. The second-order valence-corrected chi connectivity index (χ2v) is 6.54. The molecule has 2 N–H and O–H groups in total. The van der Waals surface area contributed by atoms with E-state index in [1.54, 1.807) is 22.7 Å². The molecule has 0 spiro atoms. The molecular weight excluding hydrogens is 332 g/mol. The van der Waals surface area contributed by atoms with E-state index >= 15 is 0 Å². The fourth-order valence-electron chi connectivity index (χ4n) is 3.38. The molecule has 1 aliphatic rings. The number of carbonyl (C=O) groups excluding carboxylic acids is 1. The minimum absolute atomic E-state index is 0.100. The Hall–Kier alpha value is -3.16. The molecule has 2 amide bonds.